The fourth-order valence-electron chi connectivity index (χ4n) is 4.58. The molecule has 3 aromatic rings. The standard InChI is InChI=1S/C28H33N5O6S/c1-18(2)16-21(31-26(35)25-19(3)39-27(32-25)20-10-5-4-6-11-20)28(36)33(22-12-9-14-29-17-23(22)34)40(37,38)24-13-7-8-15-30-24/h4-8,10-11,13,15,18,21-22,29H,9,12,14,16-17H2,1-3H3,(H,31,35)/t21?,22-/m0/s1. The molecule has 0 spiro atoms. The van der Waals surface area contributed by atoms with Crippen LogP contribution in [-0.2, 0) is 19.6 Å². The van der Waals surface area contributed by atoms with Crippen LogP contribution in [-0.4, -0.2) is 65.5 Å². The summed E-state index contributed by atoms with van der Waals surface area (Å²) in [5, 5.41) is 5.28. The van der Waals surface area contributed by atoms with E-state index in [0.29, 0.717) is 22.8 Å². The Balaban J connectivity index is 1.70. The molecule has 0 radical (unpaired) electrons. The first kappa shape index (κ1) is 29.1. The minimum Gasteiger partial charge on any atom is -0.441 e. The molecule has 1 unspecified atom stereocenters. The Morgan fingerprint density at radius 2 is 1.88 bits per heavy atom. The van der Waals surface area contributed by atoms with Crippen molar-refractivity contribution in [3.05, 3.63) is 66.2 Å². The van der Waals surface area contributed by atoms with E-state index >= 15 is 0 Å². The maximum absolute atomic E-state index is 14.1. The van der Waals surface area contributed by atoms with Crippen molar-refractivity contribution in [2.75, 3.05) is 13.1 Å². The molecule has 12 heteroatoms. The minimum atomic E-state index is -4.53. The predicted molar refractivity (Wildman–Crippen MR) is 147 cm³/mol. The molecular weight excluding hydrogens is 534 g/mol. The van der Waals surface area contributed by atoms with Gasteiger partial charge in [0.1, 0.15) is 17.8 Å². The normalized spacial score (nSPS) is 16.8. The van der Waals surface area contributed by atoms with Crippen molar-refractivity contribution >= 4 is 27.6 Å². The average Bonchev–Trinajstić information content (AvgIpc) is 3.21. The summed E-state index contributed by atoms with van der Waals surface area (Å²) in [6, 6.07) is 10.9. The van der Waals surface area contributed by atoms with Crippen LogP contribution in [0.3, 0.4) is 0 Å². The van der Waals surface area contributed by atoms with Gasteiger partial charge in [-0.15, -0.1) is 0 Å². The van der Waals surface area contributed by atoms with Gasteiger partial charge in [0.05, 0.1) is 6.54 Å². The van der Waals surface area contributed by atoms with Crippen LogP contribution in [0.25, 0.3) is 11.5 Å². The van der Waals surface area contributed by atoms with E-state index < -0.39 is 39.7 Å². The summed E-state index contributed by atoms with van der Waals surface area (Å²) in [7, 11) is -4.53. The summed E-state index contributed by atoms with van der Waals surface area (Å²) in [6.45, 7) is 5.71. The molecule has 11 nitrogen and oxygen atoms in total. The number of pyridine rings is 1. The van der Waals surface area contributed by atoms with Crippen LogP contribution < -0.4 is 10.6 Å². The quantitative estimate of drug-likeness (QED) is 0.398. The van der Waals surface area contributed by atoms with Crippen molar-refractivity contribution in [2.24, 2.45) is 5.92 Å². The molecule has 2 N–H and O–H groups in total. The first-order chi connectivity index (χ1) is 19.1. The molecule has 2 amide bonds. The minimum absolute atomic E-state index is 0.0192. The third-order valence-corrected chi connectivity index (χ3v) is 8.23. The lowest BCUT2D eigenvalue weighted by Crippen LogP contribution is -2.56. The zero-order chi connectivity index (χ0) is 28.9. The number of nitrogens with zero attached hydrogens (tertiary/aromatic N) is 3. The van der Waals surface area contributed by atoms with Crippen molar-refractivity contribution in [2.45, 2.75) is 57.1 Å². The number of ketones is 1. The number of amides is 2. The lowest BCUT2D eigenvalue weighted by atomic mass is 10.0. The zero-order valence-corrected chi connectivity index (χ0v) is 23.5. The maximum atomic E-state index is 14.1. The van der Waals surface area contributed by atoms with E-state index in [4.69, 9.17) is 4.42 Å². The van der Waals surface area contributed by atoms with Crippen molar-refractivity contribution in [3.8, 4) is 11.5 Å². The Hall–Kier alpha value is -3.90. The molecule has 1 fully saturated rings. The highest BCUT2D eigenvalue weighted by Gasteiger charge is 2.43. The molecule has 2 aromatic heterocycles. The average molecular weight is 568 g/mol. The molecule has 0 bridgehead atoms. The number of oxazole rings is 1. The molecule has 0 saturated carbocycles. The number of aryl methyl sites for hydroxylation is 1. The second kappa shape index (κ2) is 12.5. The number of carbonyl (C=O) groups excluding carboxylic acids is 3. The Bertz CT molecular complexity index is 1460. The van der Waals surface area contributed by atoms with E-state index in [1.54, 1.807) is 25.1 Å². The first-order valence-corrected chi connectivity index (χ1v) is 14.6. The van der Waals surface area contributed by atoms with E-state index in [2.05, 4.69) is 20.6 Å². The second-order valence-electron chi connectivity index (χ2n) is 10.1. The van der Waals surface area contributed by atoms with E-state index in [9.17, 15) is 22.8 Å². The van der Waals surface area contributed by atoms with E-state index in [1.165, 1.54) is 18.3 Å². The van der Waals surface area contributed by atoms with E-state index in [1.807, 2.05) is 32.0 Å². The summed E-state index contributed by atoms with van der Waals surface area (Å²) >= 11 is 0. The van der Waals surface area contributed by atoms with Gasteiger partial charge in [-0.1, -0.05) is 38.1 Å². The molecule has 1 aliphatic rings. The molecule has 2 atom stereocenters. The van der Waals surface area contributed by atoms with Gasteiger partial charge in [-0.2, -0.15) is 8.42 Å². The summed E-state index contributed by atoms with van der Waals surface area (Å²) < 4.78 is 34.0. The number of aromatic nitrogens is 2. The molecule has 40 heavy (non-hydrogen) atoms. The third kappa shape index (κ3) is 6.45. The Morgan fingerprint density at radius 3 is 2.55 bits per heavy atom. The Morgan fingerprint density at radius 1 is 1.15 bits per heavy atom. The van der Waals surface area contributed by atoms with Gasteiger partial charge >= 0.3 is 0 Å². The van der Waals surface area contributed by atoms with Gasteiger partial charge in [-0.3, -0.25) is 14.4 Å². The van der Waals surface area contributed by atoms with Crippen molar-refractivity contribution < 1.29 is 27.2 Å². The second-order valence-corrected chi connectivity index (χ2v) is 11.8. The summed E-state index contributed by atoms with van der Waals surface area (Å²) in [5.41, 5.74) is 0.654. The van der Waals surface area contributed by atoms with Gasteiger partial charge in [-0.25, -0.2) is 14.3 Å². The SMILES string of the molecule is Cc1oc(-c2ccccc2)nc1C(=O)NC(CC(C)C)C(=O)N([C@H]1CCCNCC1=O)S(=O)(=O)c1ccccn1. The van der Waals surface area contributed by atoms with Gasteiger partial charge in [0.15, 0.2) is 16.5 Å². The van der Waals surface area contributed by atoms with Crippen LogP contribution in [0.15, 0.2) is 64.2 Å². The lowest BCUT2D eigenvalue weighted by Gasteiger charge is -2.32. The number of carbonyl (C=O) groups is 3. The molecule has 4 rings (SSSR count). The van der Waals surface area contributed by atoms with Crippen LogP contribution in [0.5, 0.6) is 0 Å². The molecule has 0 aliphatic carbocycles. The monoisotopic (exact) mass is 567 g/mol. The van der Waals surface area contributed by atoms with Crippen LogP contribution in [0.4, 0.5) is 0 Å². The van der Waals surface area contributed by atoms with Crippen LogP contribution in [0, 0.1) is 12.8 Å². The number of nitrogens with one attached hydrogen (secondary N) is 2. The number of hydrogen-bond donors (Lipinski definition) is 2. The van der Waals surface area contributed by atoms with Gasteiger partial charge < -0.3 is 15.1 Å². The Kier molecular flexibility index (Phi) is 9.10. The van der Waals surface area contributed by atoms with E-state index in [0.717, 1.165) is 0 Å². The third-order valence-electron chi connectivity index (χ3n) is 6.51. The highest BCUT2D eigenvalue weighted by atomic mass is 32.2. The molecule has 1 aliphatic heterocycles. The molecule has 1 saturated heterocycles. The predicted octanol–water partition coefficient (Wildman–Crippen LogP) is 2.73. The van der Waals surface area contributed by atoms with Crippen molar-refractivity contribution in [3.63, 3.8) is 0 Å². The van der Waals surface area contributed by atoms with Crippen molar-refractivity contribution in [1.82, 2.24) is 24.9 Å². The maximum Gasteiger partial charge on any atom is 0.284 e. The summed E-state index contributed by atoms with van der Waals surface area (Å²) in [6.07, 6.45) is 2.06. The largest absolute Gasteiger partial charge is 0.441 e. The molecule has 212 valence electrons. The highest BCUT2D eigenvalue weighted by molar-refractivity contribution is 7.89. The van der Waals surface area contributed by atoms with Crippen LogP contribution in [0.1, 0.15) is 49.4 Å². The number of Topliss-reactive ketones (excluding diaryl/α,β-unsaturated/α-hetero) is 1. The number of benzene rings is 1. The number of sulfonamides is 1. The Labute approximate surface area is 233 Å². The first-order valence-electron chi connectivity index (χ1n) is 13.2. The lowest BCUT2D eigenvalue weighted by molar-refractivity contribution is -0.135. The van der Waals surface area contributed by atoms with Gasteiger partial charge in [-0.05, 0) is 62.9 Å². The highest BCUT2D eigenvalue weighted by Crippen LogP contribution is 2.25. The van der Waals surface area contributed by atoms with Crippen LogP contribution in [0.2, 0.25) is 0 Å². The zero-order valence-electron chi connectivity index (χ0n) is 22.7. The van der Waals surface area contributed by atoms with Crippen molar-refractivity contribution in [1.29, 1.82) is 0 Å². The smallest absolute Gasteiger partial charge is 0.284 e. The van der Waals surface area contributed by atoms with E-state index in [-0.39, 0.29) is 47.7 Å². The fraction of sp³-hybridized carbons (Fsp3) is 0.393. The number of hydrogen-bond acceptors (Lipinski definition) is 9. The van der Waals surface area contributed by atoms with Gasteiger partial charge in [0, 0.05) is 11.8 Å². The summed E-state index contributed by atoms with van der Waals surface area (Å²) in [5.74, 6) is -1.64. The van der Waals surface area contributed by atoms with Gasteiger partial charge in [0.2, 0.25) is 5.89 Å². The fourth-order valence-corrected chi connectivity index (χ4v) is 6.15. The molecule has 1 aromatic carbocycles. The molecule has 3 heterocycles. The summed E-state index contributed by atoms with van der Waals surface area (Å²) in [4.78, 5) is 48.9. The topological polar surface area (TPSA) is 152 Å². The number of rotatable bonds is 9. The van der Waals surface area contributed by atoms with Gasteiger partial charge in [0.25, 0.3) is 21.8 Å². The molecular formula is C28H33N5O6S. The van der Waals surface area contributed by atoms with Crippen LogP contribution >= 0.6 is 0 Å².